The molecule has 1 aliphatic rings. The monoisotopic (exact) mass is 306 g/mol. The molecule has 1 unspecified atom stereocenters. The Morgan fingerprint density at radius 3 is 2.90 bits per heavy atom. The highest BCUT2D eigenvalue weighted by atomic mass is 32.2. The molecule has 0 spiro atoms. The highest BCUT2D eigenvalue weighted by molar-refractivity contribution is 7.99. The molecule has 0 saturated heterocycles. The highest BCUT2D eigenvalue weighted by Gasteiger charge is 2.11. The minimum atomic E-state index is -0.0575. The zero-order valence-electron chi connectivity index (χ0n) is 12.4. The highest BCUT2D eigenvalue weighted by Crippen LogP contribution is 2.34. The molecule has 0 aromatic heterocycles. The Hall–Kier alpha value is -1.38. The van der Waals surface area contributed by atoms with Crippen molar-refractivity contribution in [3.63, 3.8) is 0 Å². The molecule has 1 atom stereocenters. The summed E-state index contributed by atoms with van der Waals surface area (Å²) in [5.74, 6) is 2.57. The van der Waals surface area contributed by atoms with E-state index in [1.807, 2.05) is 12.1 Å². The Labute approximate surface area is 130 Å². The number of benzene rings is 1. The Bertz CT molecular complexity index is 488. The van der Waals surface area contributed by atoms with Crippen LogP contribution in [-0.2, 0) is 0 Å². The number of hydrogen-bond donors (Lipinski definition) is 1. The lowest BCUT2D eigenvalue weighted by Gasteiger charge is -2.11. The molecule has 114 valence electrons. The number of nitriles is 1. The standard InChI is InChI=1S/C16H22N2O2S/c1-2-7-18-13(12-17)6-10-21-14-4-5-15-16(11-14)20-9-3-8-19-15/h4-5,11,13,18H,2-3,6-10H2,1H3. The first-order valence-electron chi connectivity index (χ1n) is 7.49. The number of ether oxygens (including phenoxy) is 2. The van der Waals surface area contributed by atoms with Crippen LogP contribution in [0.1, 0.15) is 26.2 Å². The SMILES string of the molecule is CCCNC(C#N)CCSc1ccc2c(c1)OCCCO2. The minimum absolute atomic E-state index is 0.0575. The third kappa shape index (κ3) is 5.14. The Morgan fingerprint density at radius 2 is 2.14 bits per heavy atom. The van der Waals surface area contributed by atoms with Crippen LogP contribution in [0, 0.1) is 11.3 Å². The molecule has 0 bridgehead atoms. The average Bonchev–Trinajstić information content (AvgIpc) is 2.75. The van der Waals surface area contributed by atoms with Gasteiger partial charge in [-0.15, -0.1) is 11.8 Å². The summed E-state index contributed by atoms with van der Waals surface area (Å²) in [5.41, 5.74) is 0. The van der Waals surface area contributed by atoms with Crippen molar-refractivity contribution in [2.75, 3.05) is 25.5 Å². The summed E-state index contributed by atoms with van der Waals surface area (Å²) in [4.78, 5) is 1.16. The summed E-state index contributed by atoms with van der Waals surface area (Å²) in [7, 11) is 0. The van der Waals surface area contributed by atoms with E-state index >= 15 is 0 Å². The molecule has 0 aliphatic carbocycles. The number of hydrogen-bond acceptors (Lipinski definition) is 5. The first-order valence-corrected chi connectivity index (χ1v) is 8.47. The van der Waals surface area contributed by atoms with Crippen LogP contribution in [0.3, 0.4) is 0 Å². The second-order valence-electron chi connectivity index (χ2n) is 4.93. The Morgan fingerprint density at radius 1 is 1.33 bits per heavy atom. The van der Waals surface area contributed by atoms with Crippen molar-refractivity contribution in [3.05, 3.63) is 18.2 Å². The third-order valence-electron chi connectivity index (χ3n) is 3.19. The number of fused-ring (bicyclic) bond motifs is 1. The van der Waals surface area contributed by atoms with Crippen molar-refractivity contribution in [2.45, 2.75) is 37.1 Å². The molecular formula is C16H22N2O2S. The van der Waals surface area contributed by atoms with Gasteiger partial charge in [-0.25, -0.2) is 0 Å². The van der Waals surface area contributed by atoms with Crippen molar-refractivity contribution >= 4 is 11.8 Å². The van der Waals surface area contributed by atoms with Gasteiger partial charge in [0.25, 0.3) is 0 Å². The first kappa shape index (κ1) is 16.0. The number of rotatable bonds is 7. The summed E-state index contributed by atoms with van der Waals surface area (Å²) in [6.45, 7) is 4.42. The van der Waals surface area contributed by atoms with Crippen molar-refractivity contribution in [3.8, 4) is 17.6 Å². The molecule has 1 aromatic carbocycles. The van der Waals surface area contributed by atoms with E-state index in [1.54, 1.807) is 11.8 Å². The minimum Gasteiger partial charge on any atom is -0.490 e. The summed E-state index contributed by atoms with van der Waals surface area (Å²) in [6.07, 6.45) is 2.81. The molecule has 1 heterocycles. The van der Waals surface area contributed by atoms with Gasteiger partial charge in [0, 0.05) is 17.1 Å². The molecule has 0 amide bonds. The number of thioether (sulfide) groups is 1. The summed E-state index contributed by atoms with van der Waals surface area (Å²) in [5, 5.41) is 12.3. The molecule has 0 fully saturated rings. The van der Waals surface area contributed by atoms with E-state index in [9.17, 15) is 0 Å². The molecular weight excluding hydrogens is 284 g/mol. The van der Waals surface area contributed by atoms with Crippen molar-refractivity contribution < 1.29 is 9.47 Å². The lowest BCUT2D eigenvalue weighted by molar-refractivity contribution is 0.297. The third-order valence-corrected chi connectivity index (χ3v) is 4.22. The van der Waals surface area contributed by atoms with Gasteiger partial charge in [-0.05, 0) is 37.6 Å². The van der Waals surface area contributed by atoms with E-state index in [0.29, 0.717) is 13.2 Å². The van der Waals surface area contributed by atoms with Crippen LogP contribution in [-0.4, -0.2) is 31.6 Å². The molecule has 1 aliphatic heterocycles. The summed E-state index contributed by atoms with van der Waals surface area (Å²) >= 11 is 1.75. The van der Waals surface area contributed by atoms with Gasteiger partial charge in [0.05, 0.1) is 25.3 Å². The molecule has 1 aromatic rings. The van der Waals surface area contributed by atoms with Gasteiger partial charge in [0.1, 0.15) is 0 Å². The van der Waals surface area contributed by atoms with Gasteiger partial charge < -0.3 is 14.8 Å². The topological polar surface area (TPSA) is 54.3 Å². The second-order valence-corrected chi connectivity index (χ2v) is 6.10. The van der Waals surface area contributed by atoms with Gasteiger partial charge >= 0.3 is 0 Å². The van der Waals surface area contributed by atoms with Crippen molar-refractivity contribution in [2.24, 2.45) is 0 Å². The van der Waals surface area contributed by atoms with Crippen LogP contribution in [0.25, 0.3) is 0 Å². The number of nitrogens with zero attached hydrogens (tertiary/aromatic N) is 1. The van der Waals surface area contributed by atoms with Crippen LogP contribution in [0.2, 0.25) is 0 Å². The van der Waals surface area contributed by atoms with Crippen LogP contribution >= 0.6 is 11.8 Å². The molecule has 2 rings (SSSR count). The molecule has 0 radical (unpaired) electrons. The molecule has 0 saturated carbocycles. The van der Waals surface area contributed by atoms with Crippen molar-refractivity contribution in [1.82, 2.24) is 5.32 Å². The van der Waals surface area contributed by atoms with Crippen LogP contribution in [0.4, 0.5) is 0 Å². The lowest BCUT2D eigenvalue weighted by atomic mass is 10.2. The zero-order valence-corrected chi connectivity index (χ0v) is 13.2. The lowest BCUT2D eigenvalue weighted by Crippen LogP contribution is -2.28. The molecule has 4 nitrogen and oxygen atoms in total. The fraction of sp³-hybridized carbons (Fsp3) is 0.562. The quantitative estimate of drug-likeness (QED) is 0.784. The van der Waals surface area contributed by atoms with E-state index in [0.717, 1.165) is 48.0 Å². The van der Waals surface area contributed by atoms with E-state index in [1.165, 1.54) is 0 Å². The Kier molecular flexibility index (Phi) is 6.71. The number of nitrogens with one attached hydrogen (secondary N) is 1. The molecule has 1 N–H and O–H groups in total. The summed E-state index contributed by atoms with van der Waals surface area (Å²) in [6, 6.07) is 8.32. The fourth-order valence-electron chi connectivity index (χ4n) is 2.06. The largest absolute Gasteiger partial charge is 0.490 e. The van der Waals surface area contributed by atoms with E-state index in [-0.39, 0.29) is 6.04 Å². The Balaban J connectivity index is 1.83. The van der Waals surface area contributed by atoms with Gasteiger partial charge in [-0.3, -0.25) is 0 Å². The predicted octanol–water partition coefficient (Wildman–Crippen LogP) is 3.22. The van der Waals surface area contributed by atoms with Gasteiger partial charge in [0.2, 0.25) is 0 Å². The maximum atomic E-state index is 9.08. The van der Waals surface area contributed by atoms with Crippen LogP contribution in [0.5, 0.6) is 11.5 Å². The van der Waals surface area contributed by atoms with Gasteiger partial charge in [-0.1, -0.05) is 6.92 Å². The average molecular weight is 306 g/mol. The summed E-state index contributed by atoms with van der Waals surface area (Å²) < 4.78 is 11.3. The normalized spacial score (nSPS) is 15.0. The maximum absolute atomic E-state index is 9.08. The van der Waals surface area contributed by atoms with Crippen LogP contribution in [0.15, 0.2) is 23.1 Å². The van der Waals surface area contributed by atoms with Gasteiger partial charge in [0.15, 0.2) is 11.5 Å². The first-order chi connectivity index (χ1) is 10.3. The molecule has 21 heavy (non-hydrogen) atoms. The van der Waals surface area contributed by atoms with Gasteiger partial charge in [-0.2, -0.15) is 5.26 Å². The van der Waals surface area contributed by atoms with Crippen LogP contribution < -0.4 is 14.8 Å². The van der Waals surface area contributed by atoms with E-state index in [4.69, 9.17) is 14.7 Å². The zero-order chi connectivity index (χ0) is 14.9. The second kappa shape index (κ2) is 8.81. The fourth-order valence-corrected chi connectivity index (χ4v) is 3.00. The maximum Gasteiger partial charge on any atom is 0.162 e. The van der Waals surface area contributed by atoms with Crippen molar-refractivity contribution in [1.29, 1.82) is 5.26 Å². The van der Waals surface area contributed by atoms with E-state index in [2.05, 4.69) is 24.4 Å². The smallest absolute Gasteiger partial charge is 0.162 e. The predicted molar refractivity (Wildman–Crippen MR) is 85.1 cm³/mol. The molecule has 5 heteroatoms. The van der Waals surface area contributed by atoms with E-state index < -0.39 is 0 Å².